The minimum absolute atomic E-state index is 0.0281. The van der Waals surface area contributed by atoms with E-state index >= 15 is 0 Å². The third kappa shape index (κ3) is 2.37. The third-order valence-corrected chi connectivity index (χ3v) is 5.58. The van der Waals surface area contributed by atoms with Gasteiger partial charge in [-0.1, -0.05) is 6.92 Å². The van der Waals surface area contributed by atoms with E-state index in [9.17, 15) is 4.79 Å². The molecular weight excluding hydrogens is 264 g/mol. The Balaban J connectivity index is 1.49. The highest BCUT2D eigenvalue weighted by Crippen LogP contribution is 2.29. The number of hydrogen-bond acceptors (Lipinski definition) is 3. The maximum atomic E-state index is 12.6. The molecule has 1 aromatic rings. The van der Waals surface area contributed by atoms with Gasteiger partial charge in [-0.3, -0.25) is 9.89 Å². The molecule has 5 nitrogen and oxygen atoms in total. The first-order valence-corrected chi connectivity index (χ1v) is 8.30. The second-order valence-electron chi connectivity index (χ2n) is 7.10. The van der Waals surface area contributed by atoms with Crippen molar-refractivity contribution in [3.63, 3.8) is 0 Å². The smallest absolute Gasteiger partial charge is 0.272 e. The summed E-state index contributed by atoms with van der Waals surface area (Å²) in [4.78, 5) is 15.1. The molecule has 0 spiro atoms. The van der Waals surface area contributed by atoms with Crippen molar-refractivity contribution in [3.05, 3.63) is 17.0 Å². The van der Waals surface area contributed by atoms with Crippen LogP contribution in [-0.2, 0) is 12.8 Å². The molecule has 1 aromatic heterocycles. The van der Waals surface area contributed by atoms with Crippen molar-refractivity contribution < 1.29 is 4.79 Å². The fourth-order valence-corrected chi connectivity index (χ4v) is 4.22. The van der Waals surface area contributed by atoms with E-state index in [1.165, 1.54) is 38.0 Å². The minimum atomic E-state index is 0.0281. The van der Waals surface area contributed by atoms with Crippen LogP contribution in [0.15, 0.2) is 0 Å². The Morgan fingerprint density at radius 3 is 2.86 bits per heavy atom. The fraction of sp³-hybridized carbons (Fsp3) is 0.750. The zero-order valence-corrected chi connectivity index (χ0v) is 12.7. The van der Waals surface area contributed by atoms with Crippen molar-refractivity contribution in [3.8, 4) is 0 Å². The molecule has 2 bridgehead atoms. The number of nitrogens with zero attached hydrogens (tertiary/aromatic N) is 2. The molecule has 0 saturated carbocycles. The number of rotatable bonds is 2. The van der Waals surface area contributed by atoms with Gasteiger partial charge in [0, 0.05) is 23.8 Å². The largest absolute Gasteiger partial charge is 0.346 e. The van der Waals surface area contributed by atoms with Crippen LogP contribution in [0.4, 0.5) is 0 Å². The molecule has 3 saturated heterocycles. The molecule has 0 unspecified atom stereocenters. The van der Waals surface area contributed by atoms with Gasteiger partial charge in [0.2, 0.25) is 0 Å². The number of H-pyrrole nitrogens is 1. The number of fused-ring (bicyclic) bond motifs is 4. The summed E-state index contributed by atoms with van der Waals surface area (Å²) in [7, 11) is 0. The first kappa shape index (κ1) is 13.3. The van der Waals surface area contributed by atoms with E-state index in [2.05, 4.69) is 27.3 Å². The summed E-state index contributed by atoms with van der Waals surface area (Å²) in [5, 5.41) is 10.6. The number of piperidine rings is 3. The van der Waals surface area contributed by atoms with Crippen molar-refractivity contribution >= 4 is 5.91 Å². The predicted molar refractivity (Wildman–Crippen MR) is 80.2 cm³/mol. The number of aryl methyl sites for hydroxylation is 1. The number of aromatic nitrogens is 2. The van der Waals surface area contributed by atoms with E-state index in [4.69, 9.17) is 0 Å². The summed E-state index contributed by atoms with van der Waals surface area (Å²) < 4.78 is 0. The molecule has 0 radical (unpaired) electrons. The maximum absolute atomic E-state index is 12.6. The molecule has 0 aromatic carbocycles. The van der Waals surface area contributed by atoms with Crippen LogP contribution < -0.4 is 5.32 Å². The zero-order chi connectivity index (χ0) is 14.4. The first-order valence-electron chi connectivity index (χ1n) is 8.30. The van der Waals surface area contributed by atoms with Crippen LogP contribution in [0.25, 0.3) is 0 Å². The maximum Gasteiger partial charge on any atom is 0.272 e. The average molecular weight is 288 g/mol. The fourth-order valence-electron chi connectivity index (χ4n) is 4.22. The van der Waals surface area contributed by atoms with Crippen LogP contribution in [0, 0.1) is 11.8 Å². The summed E-state index contributed by atoms with van der Waals surface area (Å²) >= 11 is 0. The van der Waals surface area contributed by atoms with E-state index < -0.39 is 0 Å². The zero-order valence-electron chi connectivity index (χ0n) is 12.7. The monoisotopic (exact) mass is 288 g/mol. The Hall–Kier alpha value is -1.36. The van der Waals surface area contributed by atoms with Gasteiger partial charge >= 0.3 is 0 Å². The molecule has 114 valence electrons. The topological polar surface area (TPSA) is 61.0 Å². The van der Waals surface area contributed by atoms with Crippen molar-refractivity contribution in [1.29, 1.82) is 0 Å². The van der Waals surface area contributed by atoms with Crippen LogP contribution in [0.2, 0.25) is 0 Å². The SMILES string of the molecule is C[C@@H]1CCc2[nH]nc(C(=O)N[C@@H]3CN4CCC3CC4)c2C1. The lowest BCUT2D eigenvalue weighted by molar-refractivity contribution is 0.0617. The molecule has 5 rings (SSSR count). The van der Waals surface area contributed by atoms with E-state index in [1.807, 2.05) is 0 Å². The van der Waals surface area contributed by atoms with Crippen LogP contribution >= 0.6 is 0 Å². The summed E-state index contributed by atoms with van der Waals surface area (Å²) in [6, 6.07) is 0.313. The molecule has 1 amide bonds. The lowest BCUT2D eigenvalue weighted by Gasteiger charge is -2.44. The summed E-state index contributed by atoms with van der Waals surface area (Å²) in [6.45, 7) is 5.67. The van der Waals surface area contributed by atoms with Gasteiger partial charge in [-0.25, -0.2) is 0 Å². The van der Waals surface area contributed by atoms with Gasteiger partial charge in [-0.15, -0.1) is 0 Å². The quantitative estimate of drug-likeness (QED) is 0.864. The minimum Gasteiger partial charge on any atom is -0.346 e. The highest BCUT2D eigenvalue weighted by Gasteiger charge is 2.36. The highest BCUT2D eigenvalue weighted by molar-refractivity contribution is 5.94. The van der Waals surface area contributed by atoms with Gasteiger partial charge in [-0.2, -0.15) is 5.10 Å². The second-order valence-corrected chi connectivity index (χ2v) is 7.10. The van der Waals surface area contributed by atoms with E-state index in [0.29, 0.717) is 23.6 Å². The predicted octanol–water partition coefficient (Wildman–Crippen LogP) is 1.36. The molecule has 4 heterocycles. The molecule has 2 atom stereocenters. The Morgan fingerprint density at radius 1 is 1.33 bits per heavy atom. The average Bonchev–Trinajstić information content (AvgIpc) is 2.91. The summed E-state index contributed by atoms with van der Waals surface area (Å²) in [5.74, 6) is 1.34. The van der Waals surface area contributed by atoms with Gasteiger partial charge in [0.05, 0.1) is 0 Å². The van der Waals surface area contributed by atoms with Crippen LogP contribution in [0.5, 0.6) is 0 Å². The number of hydrogen-bond donors (Lipinski definition) is 2. The summed E-state index contributed by atoms with van der Waals surface area (Å²) in [5.41, 5.74) is 2.98. The third-order valence-electron chi connectivity index (χ3n) is 5.58. The Kier molecular flexibility index (Phi) is 3.25. The molecule has 21 heavy (non-hydrogen) atoms. The lowest BCUT2D eigenvalue weighted by atomic mass is 9.83. The number of nitrogens with one attached hydrogen (secondary N) is 2. The summed E-state index contributed by atoms with van der Waals surface area (Å²) in [6.07, 6.45) is 5.64. The highest BCUT2D eigenvalue weighted by atomic mass is 16.2. The molecule has 1 aliphatic carbocycles. The van der Waals surface area contributed by atoms with Crippen LogP contribution in [0.3, 0.4) is 0 Å². The van der Waals surface area contributed by atoms with Crippen molar-refractivity contribution in [2.75, 3.05) is 19.6 Å². The van der Waals surface area contributed by atoms with Gasteiger partial charge in [0.15, 0.2) is 5.69 Å². The Labute approximate surface area is 125 Å². The second kappa shape index (κ2) is 5.13. The number of amides is 1. The Bertz CT molecular complexity index is 544. The molecule has 4 aliphatic rings. The van der Waals surface area contributed by atoms with E-state index in [1.54, 1.807) is 0 Å². The van der Waals surface area contributed by atoms with Crippen LogP contribution in [-0.4, -0.2) is 46.7 Å². The van der Waals surface area contributed by atoms with Crippen LogP contribution in [0.1, 0.15) is 47.9 Å². The molecule has 5 heteroatoms. The number of carbonyl (C=O) groups is 1. The van der Waals surface area contributed by atoms with Gasteiger partial charge in [0.1, 0.15) is 0 Å². The number of aromatic amines is 1. The van der Waals surface area contributed by atoms with Crippen molar-refractivity contribution in [1.82, 2.24) is 20.4 Å². The van der Waals surface area contributed by atoms with E-state index in [0.717, 1.165) is 24.9 Å². The standard InChI is InChI=1S/C16H24N4O/c1-10-2-3-13-12(8-10)15(19-18-13)16(21)17-14-9-20-6-4-11(14)5-7-20/h10-11,14H,2-9H2,1H3,(H,17,21)(H,18,19)/t10-,14-/m1/s1. The van der Waals surface area contributed by atoms with Gasteiger partial charge in [-0.05, 0) is 57.0 Å². The molecule has 2 N–H and O–H groups in total. The molecular formula is C16H24N4O. The molecule has 3 aliphatic heterocycles. The molecule has 3 fully saturated rings. The normalized spacial score (nSPS) is 34.5. The van der Waals surface area contributed by atoms with Crippen molar-refractivity contribution in [2.45, 2.75) is 45.1 Å². The lowest BCUT2D eigenvalue weighted by Crippen LogP contribution is -2.57. The first-order chi connectivity index (χ1) is 10.2. The van der Waals surface area contributed by atoms with Gasteiger partial charge < -0.3 is 10.2 Å². The Morgan fingerprint density at radius 2 is 2.14 bits per heavy atom. The number of carbonyl (C=O) groups excluding carboxylic acids is 1. The van der Waals surface area contributed by atoms with Gasteiger partial charge in [0.25, 0.3) is 5.91 Å². The van der Waals surface area contributed by atoms with E-state index in [-0.39, 0.29) is 5.91 Å². The van der Waals surface area contributed by atoms with Crippen molar-refractivity contribution in [2.24, 2.45) is 11.8 Å².